The van der Waals surface area contributed by atoms with Crippen molar-refractivity contribution >= 4 is 23.4 Å². The third-order valence-electron chi connectivity index (χ3n) is 3.59. The van der Waals surface area contributed by atoms with Crippen LogP contribution in [0.25, 0.3) is 0 Å². The summed E-state index contributed by atoms with van der Waals surface area (Å²) in [7, 11) is 1.92. The number of hydrogen-bond acceptors (Lipinski definition) is 5. The fourth-order valence-corrected chi connectivity index (χ4v) is 2.34. The van der Waals surface area contributed by atoms with E-state index in [9.17, 15) is 0 Å². The Kier molecular flexibility index (Phi) is 4.91. The van der Waals surface area contributed by atoms with Gasteiger partial charge in [0.05, 0.1) is 0 Å². The minimum Gasteiger partial charge on any atom is -0.373 e. The van der Waals surface area contributed by atoms with Crippen LogP contribution in [-0.4, -0.2) is 35.1 Å². The number of anilines is 2. The van der Waals surface area contributed by atoms with E-state index in [1.54, 1.807) is 0 Å². The maximum absolute atomic E-state index is 4.70. The van der Waals surface area contributed by atoms with Crippen LogP contribution >= 0.6 is 11.8 Å². The van der Waals surface area contributed by atoms with Gasteiger partial charge in [0, 0.05) is 30.3 Å². The van der Waals surface area contributed by atoms with Crippen molar-refractivity contribution in [1.29, 1.82) is 0 Å². The van der Waals surface area contributed by atoms with Crippen LogP contribution in [0, 0.1) is 6.92 Å². The van der Waals surface area contributed by atoms with Gasteiger partial charge in [-0.3, -0.25) is 0 Å². The van der Waals surface area contributed by atoms with Crippen molar-refractivity contribution in [2.75, 3.05) is 30.5 Å². The van der Waals surface area contributed by atoms with Crippen molar-refractivity contribution in [3.8, 4) is 0 Å². The number of nitrogens with one attached hydrogen (secondary N) is 2. The number of nitrogens with zero attached hydrogens (tertiary/aromatic N) is 2. The zero-order valence-corrected chi connectivity index (χ0v) is 13.1. The number of thioether (sulfide) groups is 1. The van der Waals surface area contributed by atoms with E-state index in [1.807, 2.05) is 18.8 Å². The van der Waals surface area contributed by atoms with Crippen molar-refractivity contribution in [1.82, 2.24) is 9.97 Å². The normalized spacial score (nSPS) is 16.2. The summed E-state index contributed by atoms with van der Waals surface area (Å²) in [4.78, 5) is 9.30. The summed E-state index contributed by atoms with van der Waals surface area (Å²) in [5, 5.41) is 7.33. The van der Waals surface area contributed by atoms with Gasteiger partial charge < -0.3 is 10.6 Å². The second-order valence-electron chi connectivity index (χ2n) is 5.19. The Morgan fingerprint density at radius 2 is 2.00 bits per heavy atom. The van der Waals surface area contributed by atoms with Crippen LogP contribution in [0.3, 0.4) is 0 Å². The fourth-order valence-electron chi connectivity index (χ4n) is 1.99. The van der Waals surface area contributed by atoms with Gasteiger partial charge in [0.15, 0.2) is 0 Å². The molecule has 1 fully saturated rings. The Morgan fingerprint density at radius 1 is 1.32 bits per heavy atom. The molecule has 0 aliphatic heterocycles. The highest BCUT2D eigenvalue weighted by molar-refractivity contribution is 7.99. The van der Waals surface area contributed by atoms with E-state index in [0.29, 0.717) is 11.2 Å². The Balaban J connectivity index is 2.07. The molecule has 2 rings (SSSR count). The molecule has 0 saturated heterocycles. The van der Waals surface area contributed by atoms with Gasteiger partial charge in [-0.2, -0.15) is 11.8 Å². The molecule has 0 spiro atoms. The van der Waals surface area contributed by atoms with Gasteiger partial charge in [-0.1, -0.05) is 6.92 Å². The highest BCUT2D eigenvalue weighted by Gasteiger charge is 2.28. The van der Waals surface area contributed by atoms with Crippen molar-refractivity contribution in [2.24, 2.45) is 0 Å². The van der Waals surface area contributed by atoms with Crippen LogP contribution in [0.5, 0.6) is 0 Å². The van der Waals surface area contributed by atoms with E-state index in [2.05, 4.69) is 35.7 Å². The smallest absolute Gasteiger partial charge is 0.136 e. The molecule has 2 N–H and O–H groups in total. The molecule has 1 atom stereocenters. The summed E-state index contributed by atoms with van der Waals surface area (Å²) in [6.45, 7) is 5.30. The quantitative estimate of drug-likeness (QED) is 0.803. The van der Waals surface area contributed by atoms with E-state index in [4.69, 9.17) is 4.98 Å². The number of aromatic nitrogens is 2. The Labute approximate surface area is 120 Å². The van der Waals surface area contributed by atoms with Crippen molar-refractivity contribution in [3.05, 3.63) is 11.4 Å². The van der Waals surface area contributed by atoms with Gasteiger partial charge in [-0.05, 0) is 32.4 Å². The lowest BCUT2D eigenvalue weighted by Crippen LogP contribution is -2.12. The van der Waals surface area contributed by atoms with Gasteiger partial charge in [0.2, 0.25) is 0 Å². The third kappa shape index (κ3) is 3.75. The molecule has 1 aliphatic rings. The summed E-state index contributed by atoms with van der Waals surface area (Å²) >= 11 is 1.90. The highest BCUT2D eigenvalue weighted by atomic mass is 32.2. The molecular formula is C14H24N4S. The largest absolute Gasteiger partial charge is 0.373 e. The topological polar surface area (TPSA) is 49.8 Å². The zero-order chi connectivity index (χ0) is 13.8. The van der Waals surface area contributed by atoms with Crippen LogP contribution in [0.15, 0.2) is 0 Å². The predicted molar refractivity (Wildman–Crippen MR) is 84.4 cm³/mol. The van der Waals surface area contributed by atoms with Crippen LogP contribution in [0.4, 0.5) is 11.6 Å². The molecule has 0 amide bonds. The SMILES string of the molecule is CNc1nc(C2CC2)nc(NCCC(C)SC)c1C. The lowest BCUT2D eigenvalue weighted by molar-refractivity contribution is 0.840. The summed E-state index contributed by atoms with van der Waals surface area (Å²) in [5.74, 6) is 3.53. The Bertz CT molecular complexity index is 432. The summed E-state index contributed by atoms with van der Waals surface area (Å²) < 4.78 is 0. The van der Waals surface area contributed by atoms with Gasteiger partial charge >= 0.3 is 0 Å². The molecule has 5 heteroatoms. The molecule has 1 aromatic rings. The van der Waals surface area contributed by atoms with E-state index >= 15 is 0 Å². The minimum absolute atomic E-state index is 0.582. The molecule has 0 radical (unpaired) electrons. The van der Waals surface area contributed by atoms with Crippen molar-refractivity contribution in [2.45, 2.75) is 44.3 Å². The van der Waals surface area contributed by atoms with Gasteiger partial charge in [-0.15, -0.1) is 0 Å². The van der Waals surface area contributed by atoms with Crippen LogP contribution < -0.4 is 10.6 Å². The highest BCUT2D eigenvalue weighted by Crippen LogP contribution is 2.39. The molecule has 1 heterocycles. The van der Waals surface area contributed by atoms with E-state index < -0.39 is 0 Å². The van der Waals surface area contributed by atoms with Gasteiger partial charge in [0.1, 0.15) is 17.5 Å². The average Bonchev–Trinajstić information content (AvgIpc) is 3.24. The van der Waals surface area contributed by atoms with E-state index in [-0.39, 0.29) is 0 Å². The lowest BCUT2D eigenvalue weighted by atomic mass is 10.2. The standard InChI is InChI=1S/C14H24N4S/c1-9(19-4)7-8-16-13-10(2)12(15-3)17-14(18-13)11-5-6-11/h9,11H,5-8H2,1-4H3,(H2,15,16,17,18). The molecule has 1 saturated carbocycles. The average molecular weight is 280 g/mol. The maximum Gasteiger partial charge on any atom is 0.136 e. The van der Waals surface area contributed by atoms with Crippen molar-refractivity contribution < 1.29 is 0 Å². The van der Waals surface area contributed by atoms with Crippen LogP contribution in [0.2, 0.25) is 0 Å². The molecule has 106 valence electrons. The Hall–Kier alpha value is -0.970. The zero-order valence-electron chi connectivity index (χ0n) is 12.3. The first-order valence-electron chi connectivity index (χ1n) is 6.98. The number of hydrogen-bond donors (Lipinski definition) is 2. The summed E-state index contributed by atoms with van der Waals surface area (Å²) in [5.41, 5.74) is 1.11. The summed E-state index contributed by atoms with van der Waals surface area (Å²) in [6, 6.07) is 0. The predicted octanol–water partition coefficient (Wildman–Crippen LogP) is 3.26. The minimum atomic E-state index is 0.582. The van der Waals surface area contributed by atoms with Gasteiger partial charge in [0.25, 0.3) is 0 Å². The molecule has 4 nitrogen and oxygen atoms in total. The monoisotopic (exact) mass is 280 g/mol. The van der Waals surface area contributed by atoms with Crippen LogP contribution in [0.1, 0.15) is 43.5 Å². The molecular weight excluding hydrogens is 256 g/mol. The first-order chi connectivity index (χ1) is 9.15. The first kappa shape index (κ1) is 14.4. The van der Waals surface area contributed by atoms with Crippen LogP contribution in [-0.2, 0) is 0 Å². The molecule has 1 unspecified atom stereocenters. The lowest BCUT2D eigenvalue weighted by Gasteiger charge is -2.14. The second-order valence-corrected chi connectivity index (χ2v) is 6.47. The Morgan fingerprint density at radius 3 is 2.58 bits per heavy atom. The van der Waals surface area contributed by atoms with Gasteiger partial charge in [-0.25, -0.2) is 9.97 Å². The summed E-state index contributed by atoms with van der Waals surface area (Å²) in [6.07, 6.45) is 5.77. The molecule has 19 heavy (non-hydrogen) atoms. The van der Waals surface area contributed by atoms with Crippen molar-refractivity contribution in [3.63, 3.8) is 0 Å². The molecule has 0 bridgehead atoms. The van der Waals surface area contributed by atoms with E-state index in [0.717, 1.165) is 36.0 Å². The fraction of sp³-hybridized carbons (Fsp3) is 0.714. The molecule has 0 aromatic carbocycles. The third-order valence-corrected chi connectivity index (χ3v) is 4.63. The number of rotatable bonds is 7. The molecule has 1 aliphatic carbocycles. The van der Waals surface area contributed by atoms with E-state index in [1.165, 1.54) is 12.8 Å². The first-order valence-corrected chi connectivity index (χ1v) is 8.27. The maximum atomic E-state index is 4.70. The molecule has 1 aromatic heterocycles. The second kappa shape index (κ2) is 6.46.